The van der Waals surface area contributed by atoms with Crippen molar-refractivity contribution < 1.29 is 0 Å². The standard InChI is InChI=1S/C22H17N5/c1-3-7-16(8-4-1)17-11-13-18(14-12-17)20-15-21(19-9-5-2-6-10-19)27-22(23-20)24-25-26-27/h1-15,21H,(H,23,24,26). The van der Waals surface area contributed by atoms with Crippen LogP contribution >= 0.6 is 0 Å². The first kappa shape index (κ1) is 15.5. The third-order valence-electron chi connectivity index (χ3n) is 4.77. The summed E-state index contributed by atoms with van der Waals surface area (Å²) in [4.78, 5) is 0. The van der Waals surface area contributed by atoms with Crippen molar-refractivity contribution in [1.29, 1.82) is 0 Å². The van der Waals surface area contributed by atoms with Crippen LogP contribution in [0, 0.1) is 0 Å². The number of fused-ring (bicyclic) bond motifs is 1. The zero-order valence-corrected chi connectivity index (χ0v) is 14.5. The number of aromatic nitrogens is 4. The van der Waals surface area contributed by atoms with Gasteiger partial charge in [-0.15, -0.1) is 0 Å². The van der Waals surface area contributed by atoms with Crippen LogP contribution in [0.3, 0.4) is 0 Å². The smallest absolute Gasteiger partial charge is 0.248 e. The Morgan fingerprint density at radius 3 is 2.07 bits per heavy atom. The Hall–Kier alpha value is -3.73. The van der Waals surface area contributed by atoms with Crippen molar-refractivity contribution in [2.24, 2.45) is 0 Å². The van der Waals surface area contributed by atoms with Gasteiger partial charge < -0.3 is 5.32 Å². The van der Waals surface area contributed by atoms with Crippen LogP contribution in [0.2, 0.25) is 0 Å². The Kier molecular flexibility index (Phi) is 3.76. The number of hydrogen-bond donors (Lipinski definition) is 1. The third kappa shape index (κ3) is 2.89. The van der Waals surface area contributed by atoms with Gasteiger partial charge in [0.05, 0.1) is 0 Å². The molecule has 1 unspecified atom stereocenters. The molecule has 1 N–H and O–H groups in total. The van der Waals surface area contributed by atoms with Crippen molar-refractivity contribution in [2.45, 2.75) is 6.04 Å². The van der Waals surface area contributed by atoms with Gasteiger partial charge in [-0.2, -0.15) is 4.68 Å². The molecular formula is C22H17N5. The largest absolute Gasteiger partial charge is 0.323 e. The first-order valence-corrected chi connectivity index (χ1v) is 8.86. The van der Waals surface area contributed by atoms with E-state index in [1.807, 2.05) is 24.3 Å². The van der Waals surface area contributed by atoms with Gasteiger partial charge in [-0.1, -0.05) is 90.0 Å². The van der Waals surface area contributed by atoms with E-state index < -0.39 is 0 Å². The lowest BCUT2D eigenvalue weighted by Crippen LogP contribution is -2.20. The summed E-state index contributed by atoms with van der Waals surface area (Å²) in [5.74, 6) is 0.647. The molecule has 1 aliphatic rings. The summed E-state index contributed by atoms with van der Waals surface area (Å²) < 4.78 is 1.80. The lowest BCUT2D eigenvalue weighted by atomic mass is 9.99. The molecule has 5 rings (SSSR count). The molecule has 0 spiro atoms. The number of rotatable bonds is 3. The number of hydrogen-bond acceptors (Lipinski definition) is 4. The summed E-state index contributed by atoms with van der Waals surface area (Å²) in [5, 5.41) is 15.4. The number of nitrogens with one attached hydrogen (secondary N) is 1. The summed E-state index contributed by atoms with van der Waals surface area (Å²) in [7, 11) is 0. The van der Waals surface area contributed by atoms with Crippen LogP contribution in [0.5, 0.6) is 0 Å². The highest BCUT2D eigenvalue weighted by Gasteiger charge is 2.24. The maximum atomic E-state index is 4.14. The number of allylic oxidation sites excluding steroid dienone is 1. The summed E-state index contributed by atoms with van der Waals surface area (Å²) in [6.45, 7) is 0. The van der Waals surface area contributed by atoms with Gasteiger partial charge in [0.15, 0.2) is 0 Å². The molecule has 0 aliphatic carbocycles. The van der Waals surface area contributed by atoms with E-state index >= 15 is 0 Å². The zero-order chi connectivity index (χ0) is 18.1. The second-order valence-corrected chi connectivity index (χ2v) is 6.45. The highest BCUT2D eigenvalue weighted by Crippen LogP contribution is 2.32. The van der Waals surface area contributed by atoms with Crippen molar-refractivity contribution in [3.05, 3.63) is 102 Å². The fraction of sp³-hybridized carbons (Fsp3) is 0.0455. The van der Waals surface area contributed by atoms with Gasteiger partial charge in [0.1, 0.15) is 6.04 Å². The molecule has 5 heteroatoms. The predicted octanol–water partition coefficient (Wildman–Crippen LogP) is 4.40. The molecule has 0 radical (unpaired) electrons. The number of benzene rings is 3. The molecular weight excluding hydrogens is 334 g/mol. The van der Waals surface area contributed by atoms with Crippen LogP contribution in [0.25, 0.3) is 16.8 Å². The molecule has 2 heterocycles. The summed E-state index contributed by atoms with van der Waals surface area (Å²) in [6, 6.07) is 29.1. The first-order chi connectivity index (χ1) is 13.4. The van der Waals surface area contributed by atoms with E-state index in [0.717, 1.165) is 16.8 Å². The number of tetrazole rings is 1. The van der Waals surface area contributed by atoms with Crippen LogP contribution in [-0.4, -0.2) is 20.2 Å². The fourth-order valence-corrected chi connectivity index (χ4v) is 3.38. The SMILES string of the molecule is C1=C(c2ccc(-c3ccccc3)cc2)Nc2nnnn2C1c1ccccc1. The van der Waals surface area contributed by atoms with Gasteiger partial charge in [-0.25, -0.2) is 0 Å². The molecule has 27 heavy (non-hydrogen) atoms. The number of nitrogens with zero attached hydrogens (tertiary/aromatic N) is 4. The average Bonchev–Trinajstić information content (AvgIpc) is 3.23. The van der Waals surface area contributed by atoms with E-state index in [2.05, 4.69) is 87.6 Å². The van der Waals surface area contributed by atoms with Crippen LogP contribution < -0.4 is 5.32 Å². The second-order valence-electron chi connectivity index (χ2n) is 6.45. The molecule has 0 saturated heterocycles. The average molecular weight is 351 g/mol. The van der Waals surface area contributed by atoms with Gasteiger partial charge >= 0.3 is 0 Å². The van der Waals surface area contributed by atoms with E-state index in [1.54, 1.807) is 4.68 Å². The van der Waals surface area contributed by atoms with Gasteiger partial charge in [0.25, 0.3) is 0 Å². The summed E-state index contributed by atoms with van der Waals surface area (Å²) >= 11 is 0. The Bertz CT molecular complexity index is 1080. The molecule has 0 saturated carbocycles. The predicted molar refractivity (Wildman–Crippen MR) is 106 cm³/mol. The van der Waals surface area contributed by atoms with Crippen molar-refractivity contribution in [3.8, 4) is 11.1 Å². The molecule has 0 amide bonds. The van der Waals surface area contributed by atoms with Crippen molar-refractivity contribution in [2.75, 3.05) is 5.32 Å². The molecule has 1 aromatic heterocycles. The normalized spacial score (nSPS) is 15.6. The van der Waals surface area contributed by atoms with Crippen molar-refractivity contribution >= 4 is 11.6 Å². The topological polar surface area (TPSA) is 55.6 Å². The quantitative estimate of drug-likeness (QED) is 0.594. The highest BCUT2D eigenvalue weighted by atomic mass is 15.6. The summed E-state index contributed by atoms with van der Waals surface area (Å²) in [5.41, 5.74) is 5.66. The highest BCUT2D eigenvalue weighted by molar-refractivity contribution is 5.78. The fourth-order valence-electron chi connectivity index (χ4n) is 3.38. The lowest BCUT2D eigenvalue weighted by molar-refractivity contribution is 0.586. The maximum absolute atomic E-state index is 4.14. The van der Waals surface area contributed by atoms with Crippen LogP contribution in [0.4, 0.5) is 5.95 Å². The molecule has 0 fully saturated rings. The Morgan fingerprint density at radius 1 is 0.704 bits per heavy atom. The first-order valence-electron chi connectivity index (χ1n) is 8.86. The Balaban J connectivity index is 1.52. The third-order valence-corrected chi connectivity index (χ3v) is 4.77. The van der Waals surface area contributed by atoms with Crippen LogP contribution in [0.15, 0.2) is 91.0 Å². The van der Waals surface area contributed by atoms with E-state index in [-0.39, 0.29) is 6.04 Å². The Labute approximate surface area is 157 Å². The molecule has 4 aromatic rings. The Morgan fingerprint density at radius 2 is 1.33 bits per heavy atom. The molecule has 130 valence electrons. The van der Waals surface area contributed by atoms with Crippen molar-refractivity contribution in [3.63, 3.8) is 0 Å². The van der Waals surface area contributed by atoms with Gasteiger partial charge in [-0.05, 0) is 38.8 Å². The minimum Gasteiger partial charge on any atom is -0.323 e. The second kappa shape index (κ2) is 6.53. The van der Waals surface area contributed by atoms with Gasteiger partial charge in [0, 0.05) is 5.70 Å². The monoisotopic (exact) mass is 351 g/mol. The minimum atomic E-state index is -0.0405. The maximum Gasteiger partial charge on any atom is 0.248 e. The summed E-state index contributed by atoms with van der Waals surface area (Å²) in [6.07, 6.45) is 2.16. The van der Waals surface area contributed by atoms with E-state index in [4.69, 9.17) is 0 Å². The lowest BCUT2D eigenvalue weighted by Gasteiger charge is -2.23. The van der Waals surface area contributed by atoms with Crippen molar-refractivity contribution in [1.82, 2.24) is 20.2 Å². The van der Waals surface area contributed by atoms with E-state index in [1.165, 1.54) is 11.1 Å². The van der Waals surface area contributed by atoms with E-state index in [0.29, 0.717) is 5.95 Å². The number of anilines is 1. The minimum absolute atomic E-state index is 0.0405. The van der Waals surface area contributed by atoms with Gasteiger partial charge in [-0.3, -0.25) is 0 Å². The van der Waals surface area contributed by atoms with Gasteiger partial charge in [0.2, 0.25) is 5.95 Å². The zero-order valence-electron chi connectivity index (χ0n) is 14.5. The molecule has 0 bridgehead atoms. The van der Waals surface area contributed by atoms with Crippen LogP contribution in [-0.2, 0) is 0 Å². The molecule has 3 aromatic carbocycles. The van der Waals surface area contributed by atoms with Crippen LogP contribution in [0.1, 0.15) is 17.2 Å². The van der Waals surface area contributed by atoms with E-state index in [9.17, 15) is 0 Å². The molecule has 5 nitrogen and oxygen atoms in total. The molecule has 1 atom stereocenters. The molecule has 1 aliphatic heterocycles.